The molecule has 0 aromatic rings. The van der Waals surface area contributed by atoms with Gasteiger partial charge in [0.2, 0.25) is 5.91 Å². The molecule has 0 aromatic heterocycles. The Hall–Kier alpha value is -1.63. The lowest BCUT2D eigenvalue weighted by Crippen LogP contribution is -2.50. The van der Waals surface area contributed by atoms with Crippen molar-refractivity contribution >= 4 is 17.8 Å². The van der Waals surface area contributed by atoms with E-state index in [1.54, 1.807) is 6.92 Å². The summed E-state index contributed by atoms with van der Waals surface area (Å²) in [4.78, 5) is 37.7. The predicted molar refractivity (Wildman–Crippen MR) is 77.6 cm³/mol. The Morgan fingerprint density at radius 2 is 2.00 bits per heavy atom. The van der Waals surface area contributed by atoms with Gasteiger partial charge in [0, 0.05) is 13.1 Å². The molecule has 2 fully saturated rings. The first-order valence-corrected chi connectivity index (χ1v) is 7.66. The molecule has 1 unspecified atom stereocenters. The molecule has 7 nitrogen and oxygen atoms in total. The Labute approximate surface area is 124 Å². The van der Waals surface area contributed by atoms with Crippen molar-refractivity contribution in [1.29, 1.82) is 0 Å². The van der Waals surface area contributed by atoms with Gasteiger partial charge in [0.15, 0.2) is 0 Å². The highest BCUT2D eigenvalue weighted by Gasteiger charge is 2.54. The smallest absolute Gasteiger partial charge is 0.325 e. The Bertz CT molecular complexity index is 432. The highest BCUT2D eigenvalue weighted by atomic mass is 16.2. The summed E-state index contributed by atoms with van der Waals surface area (Å²) < 4.78 is 0. The molecule has 7 heteroatoms. The maximum Gasteiger partial charge on any atom is 0.325 e. The van der Waals surface area contributed by atoms with E-state index in [1.807, 2.05) is 6.92 Å². The van der Waals surface area contributed by atoms with Gasteiger partial charge in [0.05, 0.1) is 0 Å². The molecular formula is C14H24N4O3. The first kappa shape index (κ1) is 15.8. The molecule has 0 radical (unpaired) electrons. The van der Waals surface area contributed by atoms with E-state index < -0.39 is 17.6 Å². The van der Waals surface area contributed by atoms with Crippen LogP contribution in [0.25, 0.3) is 0 Å². The minimum absolute atomic E-state index is 0.251. The number of nitrogens with one attached hydrogen (secondary N) is 3. The molecule has 0 bridgehead atoms. The number of rotatable bonds is 6. The molecule has 1 heterocycles. The fourth-order valence-corrected chi connectivity index (χ4v) is 3.03. The number of carbonyl (C=O) groups is 3. The maximum atomic E-state index is 12.5. The molecule has 1 saturated carbocycles. The lowest BCUT2D eigenvalue weighted by molar-refractivity contribution is -0.137. The third-order valence-corrected chi connectivity index (χ3v) is 4.27. The summed E-state index contributed by atoms with van der Waals surface area (Å²) >= 11 is 0. The number of hydrogen-bond donors (Lipinski definition) is 3. The Morgan fingerprint density at radius 3 is 2.62 bits per heavy atom. The van der Waals surface area contributed by atoms with E-state index in [4.69, 9.17) is 0 Å². The molecule has 1 spiro atoms. The van der Waals surface area contributed by atoms with Crippen LogP contribution in [0.3, 0.4) is 0 Å². The third kappa shape index (κ3) is 3.02. The molecule has 1 saturated heterocycles. The van der Waals surface area contributed by atoms with Crippen molar-refractivity contribution in [2.24, 2.45) is 0 Å². The van der Waals surface area contributed by atoms with Crippen LogP contribution in [0.15, 0.2) is 0 Å². The van der Waals surface area contributed by atoms with Gasteiger partial charge < -0.3 is 16.0 Å². The van der Waals surface area contributed by atoms with Gasteiger partial charge in [-0.15, -0.1) is 0 Å². The lowest BCUT2D eigenvalue weighted by Gasteiger charge is -2.23. The van der Waals surface area contributed by atoms with Crippen LogP contribution in [-0.4, -0.2) is 54.0 Å². The molecule has 1 atom stereocenters. The zero-order valence-corrected chi connectivity index (χ0v) is 12.7. The average Bonchev–Trinajstić information content (AvgIpc) is 3.01. The predicted octanol–water partition coefficient (Wildman–Crippen LogP) is -0.0348. The van der Waals surface area contributed by atoms with Crippen molar-refractivity contribution in [1.82, 2.24) is 20.9 Å². The zero-order chi connectivity index (χ0) is 15.5. The van der Waals surface area contributed by atoms with Gasteiger partial charge in [-0.2, -0.15) is 0 Å². The number of likely N-dealkylation sites (N-methyl/N-ethyl adjacent to an activating group) is 1. The van der Waals surface area contributed by atoms with E-state index in [0.717, 1.165) is 24.3 Å². The summed E-state index contributed by atoms with van der Waals surface area (Å²) in [6.07, 6.45) is 3.21. The summed E-state index contributed by atoms with van der Waals surface area (Å²) in [5.41, 5.74) is -0.755. The van der Waals surface area contributed by atoms with Gasteiger partial charge in [0.25, 0.3) is 5.91 Å². The van der Waals surface area contributed by atoms with Crippen LogP contribution in [-0.2, 0) is 9.59 Å². The van der Waals surface area contributed by atoms with E-state index in [9.17, 15) is 14.4 Å². The van der Waals surface area contributed by atoms with Crippen LogP contribution in [0.2, 0.25) is 0 Å². The molecular weight excluding hydrogens is 272 g/mol. The van der Waals surface area contributed by atoms with Crippen molar-refractivity contribution in [3.8, 4) is 0 Å². The first-order valence-electron chi connectivity index (χ1n) is 7.66. The van der Waals surface area contributed by atoms with E-state index in [2.05, 4.69) is 16.0 Å². The largest absolute Gasteiger partial charge is 0.353 e. The highest BCUT2D eigenvalue weighted by molar-refractivity contribution is 6.09. The van der Waals surface area contributed by atoms with Crippen LogP contribution >= 0.6 is 0 Å². The summed E-state index contributed by atoms with van der Waals surface area (Å²) in [6, 6.07) is -1.23. The van der Waals surface area contributed by atoms with E-state index in [0.29, 0.717) is 25.9 Å². The minimum atomic E-state index is -0.779. The maximum absolute atomic E-state index is 12.5. The molecule has 2 rings (SSSR count). The first-order chi connectivity index (χ1) is 10.0. The molecule has 1 aliphatic heterocycles. The molecule has 118 valence electrons. The summed E-state index contributed by atoms with van der Waals surface area (Å²) in [6.45, 7) is 5.55. The Kier molecular flexibility index (Phi) is 4.82. The lowest BCUT2D eigenvalue weighted by atomic mass is 9.97. The fourth-order valence-electron chi connectivity index (χ4n) is 3.03. The van der Waals surface area contributed by atoms with Crippen molar-refractivity contribution < 1.29 is 14.4 Å². The van der Waals surface area contributed by atoms with Gasteiger partial charge in [-0.3, -0.25) is 9.59 Å². The highest BCUT2D eigenvalue weighted by Crippen LogP contribution is 2.35. The van der Waals surface area contributed by atoms with Gasteiger partial charge >= 0.3 is 6.03 Å². The second-order valence-corrected chi connectivity index (χ2v) is 5.72. The average molecular weight is 296 g/mol. The molecule has 4 amide bonds. The van der Waals surface area contributed by atoms with Crippen LogP contribution in [0.5, 0.6) is 0 Å². The fraction of sp³-hybridized carbons (Fsp3) is 0.786. The third-order valence-electron chi connectivity index (χ3n) is 4.27. The topological polar surface area (TPSA) is 90.5 Å². The second kappa shape index (κ2) is 6.43. The van der Waals surface area contributed by atoms with Crippen molar-refractivity contribution in [2.45, 2.75) is 51.1 Å². The molecule has 3 N–H and O–H groups in total. The molecule has 2 aliphatic rings. The molecule has 0 aromatic carbocycles. The van der Waals surface area contributed by atoms with E-state index in [1.165, 1.54) is 0 Å². The van der Waals surface area contributed by atoms with Gasteiger partial charge in [-0.25, -0.2) is 9.69 Å². The van der Waals surface area contributed by atoms with Crippen molar-refractivity contribution in [3.63, 3.8) is 0 Å². The SMILES string of the molecule is CCNCCNC(=O)C(C)N1C(=O)NC2(CCCC2)C1=O. The molecule has 21 heavy (non-hydrogen) atoms. The quantitative estimate of drug-likeness (QED) is 0.474. The minimum Gasteiger partial charge on any atom is -0.353 e. The normalized spacial score (nSPS) is 21.7. The van der Waals surface area contributed by atoms with E-state index in [-0.39, 0.29) is 11.8 Å². The zero-order valence-electron chi connectivity index (χ0n) is 12.7. The summed E-state index contributed by atoms with van der Waals surface area (Å²) in [5, 5.41) is 8.62. The van der Waals surface area contributed by atoms with Gasteiger partial charge in [-0.1, -0.05) is 19.8 Å². The van der Waals surface area contributed by atoms with Crippen LogP contribution in [0.4, 0.5) is 4.79 Å². The summed E-state index contributed by atoms with van der Waals surface area (Å²) in [7, 11) is 0. The number of hydrogen-bond acceptors (Lipinski definition) is 4. The van der Waals surface area contributed by atoms with Crippen molar-refractivity contribution in [3.05, 3.63) is 0 Å². The second-order valence-electron chi connectivity index (χ2n) is 5.72. The Balaban J connectivity index is 1.95. The number of nitrogens with zero attached hydrogens (tertiary/aromatic N) is 1. The van der Waals surface area contributed by atoms with E-state index >= 15 is 0 Å². The molecule has 1 aliphatic carbocycles. The number of carbonyl (C=O) groups excluding carboxylic acids is 3. The standard InChI is InChI=1S/C14H24N4O3/c1-3-15-8-9-16-11(19)10(2)18-12(20)14(17-13(18)21)6-4-5-7-14/h10,15H,3-9H2,1-2H3,(H,16,19)(H,17,21). The monoisotopic (exact) mass is 296 g/mol. The van der Waals surface area contributed by atoms with Gasteiger partial charge in [0.1, 0.15) is 11.6 Å². The van der Waals surface area contributed by atoms with Crippen LogP contribution in [0, 0.1) is 0 Å². The van der Waals surface area contributed by atoms with Crippen LogP contribution in [0.1, 0.15) is 39.5 Å². The van der Waals surface area contributed by atoms with Gasteiger partial charge in [-0.05, 0) is 26.3 Å². The number of amides is 4. The number of urea groups is 1. The number of imide groups is 1. The summed E-state index contributed by atoms with van der Waals surface area (Å²) in [5.74, 6) is -0.550. The van der Waals surface area contributed by atoms with Crippen molar-refractivity contribution in [2.75, 3.05) is 19.6 Å². The Morgan fingerprint density at radius 1 is 1.33 bits per heavy atom. The van der Waals surface area contributed by atoms with Crippen LogP contribution < -0.4 is 16.0 Å².